The van der Waals surface area contributed by atoms with E-state index in [2.05, 4.69) is 0 Å². The predicted octanol–water partition coefficient (Wildman–Crippen LogP) is -2.44. The van der Waals surface area contributed by atoms with E-state index in [-0.39, 0.29) is 0 Å². The molecule has 11 nitrogen and oxygen atoms in total. The van der Waals surface area contributed by atoms with Crippen LogP contribution in [0.25, 0.3) is 0 Å². The summed E-state index contributed by atoms with van der Waals surface area (Å²) in [6.07, 6.45) is -14.0. The van der Waals surface area contributed by atoms with E-state index in [1.807, 2.05) is 26.0 Å². The molecule has 2 heterocycles. The van der Waals surface area contributed by atoms with Crippen molar-refractivity contribution in [3.8, 4) is 5.75 Å². The zero-order valence-electron chi connectivity index (χ0n) is 17.9. The molecular formula is C21H32O11. The van der Waals surface area contributed by atoms with Gasteiger partial charge in [-0.1, -0.05) is 19.1 Å². The summed E-state index contributed by atoms with van der Waals surface area (Å²) in [5.74, 6) is 0.434. The Bertz CT molecular complexity index is 742. The second kappa shape index (κ2) is 10.7. The molecule has 0 aromatic heterocycles. The van der Waals surface area contributed by atoms with Crippen molar-refractivity contribution in [2.24, 2.45) is 0 Å². The van der Waals surface area contributed by atoms with Gasteiger partial charge < -0.3 is 54.7 Å². The van der Waals surface area contributed by atoms with Gasteiger partial charge in [-0.3, -0.25) is 0 Å². The number of benzene rings is 1. The van der Waals surface area contributed by atoms with Crippen molar-refractivity contribution in [3.05, 3.63) is 29.3 Å². The highest BCUT2D eigenvalue weighted by molar-refractivity contribution is 5.36. The van der Waals surface area contributed by atoms with E-state index in [0.29, 0.717) is 5.75 Å². The maximum absolute atomic E-state index is 10.7. The Balaban J connectivity index is 1.72. The minimum atomic E-state index is -1.72. The van der Waals surface area contributed by atoms with Crippen LogP contribution < -0.4 is 4.74 Å². The van der Waals surface area contributed by atoms with Crippen molar-refractivity contribution < 1.29 is 54.7 Å². The number of aliphatic hydroxyl groups is 7. The largest absolute Gasteiger partial charge is 0.462 e. The van der Waals surface area contributed by atoms with E-state index in [9.17, 15) is 35.7 Å². The lowest BCUT2D eigenvalue weighted by Gasteiger charge is -2.45. The molecule has 7 N–H and O–H groups in total. The SMILES string of the molecule is CCc1ccc(OC2OC(CO)C(OC3OC(CO)C(O)C(O)C3O)C(O)C2O)c(C)c1. The smallest absolute Gasteiger partial charge is 0.229 e. The highest BCUT2D eigenvalue weighted by Gasteiger charge is 2.51. The van der Waals surface area contributed by atoms with Gasteiger partial charge in [0, 0.05) is 0 Å². The first-order valence-electron chi connectivity index (χ1n) is 10.6. The summed E-state index contributed by atoms with van der Waals surface area (Å²) in [6.45, 7) is 2.56. The maximum atomic E-state index is 10.7. The summed E-state index contributed by atoms with van der Waals surface area (Å²) in [6, 6.07) is 5.51. The summed E-state index contributed by atoms with van der Waals surface area (Å²) in [7, 11) is 0. The molecule has 0 spiro atoms. The molecule has 0 bridgehead atoms. The second-order valence-corrected chi connectivity index (χ2v) is 8.08. The van der Waals surface area contributed by atoms with Gasteiger partial charge in [0.2, 0.25) is 6.29 Å². The molecule has 182 valence electrons. The first-order chi connectivity index (χ1) is 15.2. The zero-order chi connectivity index (χ0) is 23.6. The van der Waals surface area contributed by atoms with Gasteiger partial charge in [-0.05, 0) is 30.5 Å². The van der Waals surface area contributed by atoms with E-state index in [1.54, 1.807) is 6.07 Å². The molecule has 10 unspecified atom stereocenters. The fourth-order valence-electron chi connectivity index (χ4n) is 3.84. The third-order valence-electron chi connectivity index (χ3n) is 5.85. The average Bonchev–Trinajstić information content (AvgIpc) is 2.79. The number of aryl methyl sites for hydroxylation is 2. The summed E-state index contributed by atoms with van der Waals surface area (Å²) < 4.78 is 22.2. The van der Waals surface area contributed by atoms with Crippen molar-refractivity contribution in [1.82, 2.24) is 0 Å². The van der Waals surface area contributed by atoms with Gasteiger partial charge in [0.1, 0.15) is 54.6 Å². The Morgan fingerprint density at radius 1 is 0.812 bits per heavy atom. The van der Waals surface area contributed by atoms with Gasteiger partial charge in [-0.25, -0.2) is 0 Å². The van der Waals surface area contributed by atoms with Crippen molar-refractivity contribution >= 4 is 0 Å². The summed E-state index contributed by atoms with van der Waals surface area (Å²) in [5.41, 5.74) is 1.90. The number of rotatable bonds is 7. The third-order valence-corrected chi connectivity index (χ3v) is 5.85. The van der Waals surface area contributed by atoms with Gasteiger partial charge in [-0.15, -0.1) is 0 Å². The normalized spacial score (nSPS) is 40.3. The van der Waals surface area contributed by atoms with Crippen LogP contribution in [0.15, 0.2) is 18.2 Å². The highest BCUT2D eigenvalue weighted by Crippen LogP contribution is 2.31. The lowest BCUT2D eigenvalue weighted by Crippen LogP contribution is -2.65. The van der Waals surface area contributed by atoms with Crippen LogP contribution in [0.2, 0.25) is 0 Å². The molecule has 0 radical (unpaired) electrons. The Hall–Kier alpha value is -1.38. The van der Waals surface area contributed by atoms with Gasteiger partial charge in [0.25, 0.3) is 0 Å². The molecule has 3 rings (SSSR count). The fraction of sp³-hybridized carbons (Fsp3) is 0.714. The van der Waals surface area contributed by atoms with Crippen LogP contribution in [0.3, 0.4) is 0 Å². The fourth-order valence-corrected chi connectivity index (χ4v) is 3.84. The van der Waals surface area contributed by atoms with Crippen molar-refractivity contribution in [2.45, 2.75) is 81.7 Å². The van der Waals surface area contributed by atoms with Crippen molar-refractivity contribution in [3.63, 3.8) is 0 Å². The molecule has 1 aromatic carbocycles. The minimum absolute atomic E-state index is 0.434. The van der Waals surface area contributed by atoms with Crippen LogP contribution in [-0.4, -0.2) is 110 Å². The average molecular weight is 460 g/mol. The van der Waals surface area contributed by atoms with Gasteiger partial charge in [-0.2, -0.15) is 0 Å². The standard InChI is InChI=1S/C21H32O11/c1-3-10-4-5-11(9(2)6-10)29-20-18(28)16(26)19(13(8-23)31-20)32-21-17(27)15(25)14(24)12(7-22)30-21/h4-6,12-28H,3,7-8H2,1-2H3. The van der Waals surface area contributed by atoms with E-state index in [1.165, 1.54) is 0 Å². The zero-order valence-corrected chi connectivity index (χ0v) is 17.9. The monoisotopic (exact) mass is 460 g/mol. The Morgan fingerprint density at radius 2 is 1.44 bits per heavy atom. The molecule has 1 aromatic rings. The number of ether oxygens (including phenoxy) is 4. The number of aliphatic hydroxyl groups excluding tert-OH is 7. The Labute approximate surface area is 185 Å². The van der Waals surface area contributed by atoms with Crippen LogP contribution in [0.4, 0.5) is 0 Å². The van der Waals surface area contributed by atoms with Crippen LogP contribution >= 0.6 is 0 Å². The van der Waals surface area contributed by atoms with Crippen LogP contribution in [0.5, 0.6) is 5.75 Å². The molecule has 2 fully saturated rings. The Morgan fingerprint density at radius 3 is 2.03 bits per heavy atom. The molecule has 0 saturated carbocycles. The molecule has 11 heteroatoms. The van der Waals surface area contributed by atoms with Crippen LogP contribution in [-0.2, 0) is 20.6 Å². The second-order valence-electron chi connectivity index (χ2n) is 8.08. The van der Waals surface area contributed by atoms with Crippen LogP contribution in [0, 0.1) is 6.92 Å². The third kappa shape index (κ3) is 5.07. The van der Waals surface area contributed by atoms with Gasteiger partial charge in [0.15, 0.2) is 6.29 Å². The molecule has 2 aliphatic heterocycles. The Kier molecular flexibility index (Phi) is 8.44. The van der Waals surface area contributed by atoms with Crippen molar-refractivity contribution in [1.29, 1.82) is 0 Å². The molecular weight excluding hydrogens is 428 g/mol. The molecule has 10 atom stereocenters. The molecule has 2 saturated heterocycles. The van der Waals surface area contributed by atoms with Crippen LogP contribution in [0.1, 0.15) is 18.1 Å². The summed E-state index contributed by atoms with van der Waals surface area (Å²) in [5, 5.41) is 70.3. The first kappa shape index (κ1) is 25.2. The quantitative estimate of drug-likeness (QED) is 0.230. The van der Waals surface area contributed by atoms with E-state index < -0.39 is 74.6 Å². The molecule has 0 aliphatic carbocycles. The number of hydrogen-bond acceptors (Lipinski definition) is 11. The lowest BCUT2D eigenvalue weighted by molar-refractivity contribution is -0.352. The summed E-state index contributed by atoms with van der Waals surface area (Å²) >= 11 is 0. The van der Waals surface area contributed by atoms with E-state index >= 15 is 0 Å². The van der Waals surface area contributed by atoms with E-state index in [0.717, 1.165) is 17.5 Å². The van der Waals surface area contributed by atoms with Gasteiger partial charge in [0.05, 0.1) is 13.2 Å². The molecule has 2 aliphatic rings. The first-order valence-corrected chi connectivity index (χ1v) is 10.6. The molecule has 0 amide bonds. The molecule has 32 heavy (non-hydrogen) atoms. The van der Waals surface area contributed by atoms with E-state index in [4.69, 9.17) is 18.9 Å². The predicted molar refractivity (Wildman–Crippen MR) is 108 cm³/mol. The summed E-state index contributed by atoms with van der Waals surface area (Å²) in [4.78, 5) is 0. The minimum Gasteiger partial charge on any atom is -0.462 e. The maximum Gasteiger partial charge on any atom is 0.229 e. The lowest BCUT2D eigenvalue weighted by atomic mass is 9.97. The topological polar surface area (TPSA) is 179 Å². The van der Waals surface area contributed by atoms with Gasteiger partial charge >= 0.3 is 0 Å². The van der Waals surface area contributed by atoms with Crippen molar-refractivity contribution in [2.75, 3.05) is 13.2 Å². The highest BCUT2D eigenvalue weighted by atomic mass is 16.7. The number of hydrogen-bond donors (Lipinski definition) is 7.